The Morgan fingerprint density at radius 2 is 1.67 bits per heavy atom. The molecule has 2 aromatic heterocycles. The molecule has 2 aromatic carbocycles. The van der Waals surface area contributed by atoms with Crippen LogP contribution in [0.3, 0.4) is 0 Å². The van der Waals surface area contributed by atoms with Gasteiger partial charge in [-0.15, -0.1) is 0 Å². The van der Waals surface area contributed by atoms with Crippen molar-refractivity contribution in [3.8, 4) is 5.75 Å². The van der Waals surface area contributed by atoms with E-state index in [4.69, 9.17) is 4.74 Å². The van der Waals surface area contributed by atoms with Gasteiger partial charge in [0.2, 0.25) is 21.1 Å². The van der Waals surface area contributed by atoms with Crippen LogP contribution in [0.5, 0.6) is 5.75 Å². The zero-order valence-electron chi connectivity index (χ0n) is 26.7. The van der Waals surface area contributed by atoms with Gasteiger partial charge in [0.05, 0.1) is 22.5 Å². The number of halogens is 6. The smallest absolute Gasteiger partial charge is 0.236 e. The number of ether oxygens (including phenoxy) is 1. The lowest BCUT2D eigenvalue weighted by Crippen LogP contribution is -2.48. The Labute approximate surface area is 282 Å². The first-order chi connectivity index (χ1) is 23.2. The molecule has 1 fully saturated rings. The number of H-pyrrole nitrogens is 1. The van der Waals surface area contributed by atoms with Crippen LogP contribution in [0.25, 0.3) is 0 Å². The third-order valence-corrected chi connectivity index (χ3v) is 10.2. The summed E-state index contributed by atoms with van der Waals surface area (Å²) in [7, 11) is 0.0808. The fourth-order valence-electron chi connectivity index (χ4n) is 4.98. The van der Waals surface area contributed by atoms with E-state index in [1.165, 1.54) is 7.11 Å². The molecule has 1 atom stereocenters. The van der Waals surface area contributed by atoms with Crippen molar-refractivity contribution in [2.45, 2.75) is 27.4 Å². The van der Waals surface area contributed by atoms with E-state index in [1.54, 1.807) is 13.0 Å². The van der Waals surface area contributed by atoms with Gasteiger partial charge in [0.1, 0.15) is 5.82 Å². The van der Waals surface area contributed by atoms with Gasteiger partial charge in [-0.2, -0.15) is 5.10 Å². The van der Waals surface area contributed by atoms with Crippen LogP contribution in [-0.2, 0) is 9.84 Å². The highest BCUT2D eigenvalue weighted by Crippen LogP contribution is 2.40. The quantitative estimate of drug-likeness (QED) is 0.113. The third-order valence-electron chi connectivity index (χ3n) is 7.60. The number of hydrogen-bond acceptors (Lipinski definition) is 11. The maximum Gasteiger partial charge on any atom is 0.236 e. The number of nitrogens with zero attached hydrogens (tertiary/aromatic N) is 6. The van der Waals surface area contributed by atoms with E-state index in [0.29, 0.717) is 48.3 Å². The van der Waals surface area contributed by atoms with Crippen LogP contribution in [0.15, 0.2) is 45.3 Å². The number of alkyl halides is 1. The average Bonchev–Trinajstić information content (AvgIpc) is 3.47. The Balaban J connectivity index is 1.46. The molecule has 3 heterocycles. The minimum Gasteiger partial charge on any atom is -0.490 e. The molecule has 0 bridgehead atoms. The summed E-state index contributed by atoms with van der Waals surface area (Å²) in [6.07, 6.45) is 0. The number of methoxy groups -OCH3 is 1. The van der Waals surface area contributed by atoms with Crippen LogP contribution >= 0.6 is 11.8 Å². The average molecular weight is 731 g/mol. The highest BCUT2D eigenvalue weighted by atomic mass is 32.2. The number of aromatic nitrogens is 4. The first-order valence-electron chi connectivity index (χ1n) is 14.7. The van der Waals surface area contributed by atoms with Crippen LogP contribution in [-0.4, -0.2) is 98.9 Å². The number of rotatable bonds is 12. The zero-order valence-corrected chi connectivity index (χ0v) is 28.3. The summed E-state index contributed by atoms with van der Waals surface area (Å²) < 4.78 is 118. The Morgan fingerprint density at radius 3 is 2.24 bits per heavy atom. The van der Waals surface area contributed by atoms with Gasteiger partial charge >= 0.3 is 0 Å². The van der Waals surface area contributed by atoms with Gasteiger partial charge < -0.3 is 19.9 Å². The van der Waals surface area contributed by atoms with E-state index < -0.39 is 54.9 Å². The van der Waals surface area contributed by atoms with Gasteiger partial charge in [-0.1, -0.05) is 0 Å². The van der Waals surface area contributed by atoms with Crippen LogP contribution in [0, 0.1) is 36.0 Å². The molecule has 0 saturated carbocycles. The molecular weight excluding hydrogens is 699 g/mol. The highest BCUT2D eigenvalue weighted by molar-refractivity contribution is 7.99. The minimum atomic E-state index is -5.38. The summed E-state index contributed by atoms with van der Waals surface area (Å²) in [4.78, 5) is 14.3. The summed E-state index contributed by atoms with van der Waals surface area (Å²) >= 11 is 0.715. The van der Waals surface area contributed by atoms with E-state index in [1.807, 2.05) is 19.0 Å². The molecule has 0 amide bonds. The number of aryl methyl sites for hydroxylation is 1. The van der Waals surface area contributed by atoms with Crippen molar-refractivity contribution in [3.05, 3.63) is 70.7 Å². The molecular formula is C30H32F6N8O3S2. The first-order valence-corrected chi connectivity index (χ1v) is 17.1. The van der Waals surface area contributed by atoms with Crippen molar-refractivity contribution >= 4 is 39.1 Å². The largest absolute Gasteiger partial charge is 0.490 e. The molecule has 1 aliphatic rings. The van der Waals surface area contributed by atoms with E-state index in [0.717, 1.165) is 44.0 Å². The fourth-order valence-corrected chi connectivity index (χ4v) is 7.02. The van der Waals surface area contributed by atoms with Gasteiger partial charge in [0.25, 0.3) is 0 Å². The molecule has 0 radical (unpaired) electrons. The first kappa shape index (κ1) is 36.2. The number of sulfone groups is 1. The number of aromatic amines is 1. The van der Waals surface area contributed by atoms with Crippen molar-refractivity contribution in [2.24, 2.45) is 0 Å². The standard InChI is InChI=1S/C30H32F6N8O3S2/c1-16-13-22(41-40-16)37-28-26(47-4)29(44-11-9-43(10-12-44)8-7-42(2)3)39-30(38-28)48-21-6-5-17(14-18(21)31)49(45,46)27(36)23-24(34)19(32)15-20(33)25(23)35/h5-6,13-15,27H,7-12H2,1-4H3,(H2,37,38,39,40,41). The molecule has 49 heavy (non-hydrogen) atoms. The predicted octanol–water partition coefficient (Wildman–Crippen LogP) is 5.23. The van der Waals surface area contributed by atoms with Crippen molar-refractivity contribution in [3.63, 3.8) is 0 Å². The number of likely N-dealkylation sites (N-methyl/N-ethyl adjacent to an activating group) is 1. The van der Waals surface area contributed by atoms with Crippen LogP contribution in [0.1, 0.15) is 16.8 Å². The number of anilines is 3. The molecule has 11 nitrogen and oxygen atoms in total. The molecule has 1 saturated heterocycles. The lowest BCUT2D eigenvalue weighted by molar-refractivity contribution is 0.228. The van der Waals surface area contributed by atoms with Crippen LogP contribution in [0.2, 0.25) is 0 Å². The second kappa shape index (κ2) is 14.8. The van der Waals surface area contributed by atoms with Gasteiger partial charge in [0, 0.05) is 57.1 Å². The highest BCUT2D eigenvalue weighted by Gasteiger charge is 2.37. The summed E-state index contributed by atoms with van der Waals surface area (Å²) in [6, 6.07) is 3.75. The number of piperazine rings is 1. The Bertz CT molecular complexity index is 1910. The Kier molecular flexibility index (Phi) is 10.9. The molecule has 1 aliphatic heterocycles. The monoisotopic (exact) mass is 730 g/mol. The van der Waals surface area contributed by atoms with Crippen molar-refractivity contribution < 1.29 is 39.5 Å². The maximum atomic E-state index is 15.4. The SMILES string of the molecule is COc1c(Nc2cc(C)[nH]n2)nc(Sc2ccc(S(=O)(=O)C(F)c3c(F)c(F)cc(F)c3F)cc2F)nc1N1CCN(CCN(C)C)CC1. The van der Waals surface area contributed by atoms with Crippen molar-refractivity contribution in [1.82, 2.24) is 30.0 Å². The molecule has 0 spiro atoms. The Hall–Kier alpha value is -4.07. The maximum absolute atomic E-state index is 15.4. The summed E-state index contributed by atoms with van der Waals surface area (Å²) in [5, 5.41) is 10.1. The van der Waals surface area contributed by atoms with Gasteiger partial charge in [-0.3, -0.25) is 10.00 Å². The second-order valence-corrected chi connectivity index (χ2v) is 14.3. The van der Waals surface area contributed by atoms with Gasteiger partial charge in [0.15, 0.2) is 45.9 Å². The van der Waals surface area contributed by atoms with Crippen LogP contribution in [0.4, 0.5) is 43.8 Å². The number of nitrogens with one attached hydrogen (secondary N) is 2. The molecule has 264 valence electrons. The molecule has 1 unspecified atom stereocenters. The van der Waals surface area contributed by atoms with E-state index >= 15 is 8.78 Å². The van der Waals surface area contributed by atoms with E-state index in [2.05, 4.69) is 35.3 Å². The number of benzene rings is 2. The fraction of sp³-hybridized carbons (Fsp3) is 0.367. The van der Waals surface area contributed by atoms with Crippen molar-refractivity contribution in [2.75, 3.05) is 70.7 Å². The van der Waals surface area contributed by atoms with E-state index in [9.17, 15) is 26.0 Å². The van der Waals surface area contributed by atoms with Gasteiger partial charge in [-0.05, 0) is 51.0 Å². The lowest BCUT2D eigenvalue weighted by Gasteiger charge is -2.36. The Morgan fingerprint density at radius 1 is 1.00 bits per heavy atom. The summed E-state index contributed by atoms with van der Waals surface area (Å²) in [5.41, 5.74) is -4.80. The molecule has 0 aliphatic carbocycles. The lowest BCUT2D eigenvalue weighted by atomic mass is 10.2. The van der Waals surface area contributed by atoms with Gasteiger partial charge in [-0.25, -0.2) is 44.7 Å². The third kappa shape index (κ3) is 7.89. The van der Waals surface area contributed by atoms with Crippen LogP contribution < -0.4 is 15.0 Å². The van der Waals surface area contributed by atoms with E-state index in [-0.39, 0.29) is 21.9 Å². The second-order valence-electron chi connectivity index (χ2n) is 11.3. The number of hydrogen-bond donors (Lipinski definition) is 2. The van der Waals surface area contributed by atoms with Crippen molar-refractivity contribution in [1.29, 1.82) is 0 Å². The summed E-state index contributed by atoms with van der Waals surface area (Å²) in [5.74, 6) is -8.27. The zero-order chi connectivity index (χ0) is 35.6. The predicted molar refractivity (Wildman–Crippen MR) is 170 cm³/mol. The molecule has 5 rings (SSSR count). The summed E-state index contributed by atoms with van der Waals surface area (Å²) in [6.45, 7) is 6.23. The molecule has 2 N–H and O–H groups in total. The minimum absolute atomic E-state index is 0.0258. The molecule has 19 heteroatoms. The molecule has 4 aromatic rings. The normalized spacial score (nSPS) is 14.8. The topological polar surface area (TPSA) is 120 Å².